The van der Waals surface area contributed by atoms with Crippen molar-refractivity contribution in [3.8, 4) is 16.9 Å². The van der Waals surface area contributed by atoms with E-state index in [0.717, 1.165) is 57.8 Å². The van der Waals surface area contributed by atoms with Crippen LogP contribution >= 0.6 is 0 Å². The summed E-state index contributed by atoms with van der Waals surface area (Å²) in [6.45, 7) is 2.64. The Bertz CT molecular complexity index is 1170. The number of aliphatic imine (C=N–C) groups is 1. The van der Waals surface area contributed by atoms with Gasteiger partial charge in [-0.3, -0.25) is 4.99 Å². The Morgan fingerprint density at radius 2 is 1.89 bits per heavy atom. The van der Waals surface area contributed by atoms with Gasteiger partial charge in [0.15, 0.2) is 5.76 Å². The van der Waals surface area contributed by atoms with Crippen molar-refractivity contribution in [1.29, 1.82) is 0 Å². The number of hydrogen-bond donors (Lipinski definition) is 0. The molecule has 0 saturated carbocycles. The van der Waals surface area contributed by atoms with Crippen LogP contribution in [0.25, 0.3) is 28.2 Å². The second-order valence-corrected chi connectivity index (χ2v) is 7.14. The zero-order chi connectivity index (χ0) is 18.9. The quantitative estimate of drug-likeness (QED) is 0.482. The van der Waals surface area contributed by atoms with Crippen molar-refractivity contribution in [2.75, 3.05) is 6.61 Å². The number of fused-ring (bicyclic) bond motifs is 4. The average molecular weight is 367 g/mol. The molecule has 138 valence electrons. The van der Waals surface area contributed by atoms with Crippen molar-refractivity contribution in [2.24, 2.45) is 4.99 Å². The molecule has 0 atom stereocenters. The van der Waals surface area contributed by atoms with E-state index >= 15 is 0 Å². The van der Waals surface area contributed by atoms with Crippen LogP contribution in [0.5, 0.6) is 5.75 Å². The molecule has 2 aliphatic rings. The van der Waals surface area contributed by atoms with Crippen LogP contribution in [0.2, 0.25) is 0 Å². The maximum Gasteiger partial charge on any atom is 0.153 e. The highest BCUT2D eigenvalue weighted by molar-refractivity contribution is 6.04. The highest BCUT2D eigenvalue weighted by Crippen LogP contribution is 2.41. The SMILES string of the molecule is CC1=Nc2c(oc3c(-c4ccc5c(c4)C/C=C\C=C/CO5)cccc23)C=CC1. The van der Waals surface area contributed by atoms with E-state index in [2.05, 4.69) is 61.5 Å². The molecule has 0 saturated heterocycles. The first kappa shape index (κ1) is 16.8. The van der Waals surface area contributed by atoms with Gasteiger partial charge in [0.2, 0.25) is 0 Å². The predicted octanol–water partition coefficient (Wildman–Crippen LogP) is 6.66. The van der Waals surface area contributed by atoms with Crippen LogP contribution in [0, 0.1) is 0 Å². The lowest BCUT2D eigenvalue weighted by molar-refractivity contribution is 0.360. The second kappa shape index (κ2) is 7.01. The molecule has 0 unspecified atom stereocenters. The largest absolute Gasteiger partial charge is 0.489 e. The third-order valence-electron chi connectivity index (χ3n) is 5.13. The summed E-state index contributed by atoms with van der Waals surface area (Å²) in [5, 5.41) is 1.06. The van der Waals surface area contributed by atoms with Crippen LogP contribution in [0.4, 0.5) is 5.69 Å². The first-order valence-corrected chi connectivity index (χ1v) is 9.63. The van der Waals surface area contributed by atoms with Gasteiger partial charge in [-0.2, -0.15) is 0 Å². The Labute approximate surface area is 164 Å². The van der Waals surface area contributed by atoms with Gasteiger partial charge in [-0.1, -0.05) is 42.5 Å². The Balaban J connectivity index is 1.65. The molecule has 0 aliphatic carbocycles. The summed E-state index contributed by atoms with van der Waals surface area (Å²) in [4.78, 5) is 4.79. The number of nitrogens with zero attached hydrogens (tertiary/aromatic N) is 1. The van der Waals surface area contributed by atoms with Gasteiger partial charge in [0.25, 0.3) is 0 Å². The van der Waals surface area contributed by atoms with Gasteiger partial charge < -0.3 is 9.15 Å². The van der Waals surface area contributed by atoms with Crippen LogP contribution < -0.4 is 4.74 Å². The Hall–Kier alpha value is -3.33. The predicted molar refractivity (Wildman–Crippen MR) is 116 cm³/mol. The monoisotopic (exact) mass is 367 g/mol. The van der Waals surface area contributed by atoms with Gasteiger partial charge in [-0.15, -0.1) is 0 Å². The lowest BCUT2D eigenvalue weighted by Crippen LogP contribution is -1.97. The molecule has 28 heavy (non-hydrogen) atoms. The second-order valence-electron chi connectivity index (χ2n) is 7.14. The fraction of sp³-hybridized carbons (Fsp3) is 0.160. The van der Waals surface area contributed by atoms with Crippen LogP contribution in [-0.2, 0) is 6.42 Å². The molecule has 5 rings (SSSR count). The third kappa shape index (κ3) is 2.99. The van der Waals surface area contributed by atoms with E-state index < -0.39 is 0 Å². The molecule has 0 spiro atoms. The van der Waals surface area contributed by atoms with Crippen LogP contribution in [0.15, 0.2) is 76.2 Å². The summed E-state index contributed by atoms with van der Waals surface area (Å²) in [5.41, 5.74) is 6.30. The lowest BCUT2D eigenvalue weighted by Gasteiger charge is -2.11. The summed E-state index contributed by atoms with van der Waals surface area (Å²) in [6, 6.07) is 12.7. The van der Waals surface area contributed by atoms with Gasteiger partial charge in [0.1, 0.15) is 23.6 Å². The summed E-state index contributed by atoms with van der Waals surface area (Å²) < 4.78 is 12.2. The first-order chi connectivity index (χ1) is 13.8. The number of para-hydroxylation sites is 1. The number of benzene rings is 2. The van der Waals surface area contributed by atoms with E-state index in [9.17, 15) is 0 Å². The molecule has 0 radical (unpaired) electrons. The molecule has 3 heteroatoms. The molecule has 0 bridgehead atoms. The van der Waals surface area contributed by atoms with Crippen molar-refractivity contribution < 1.29 is 9.15 Å². The van der Waals surface area contributed by atoms with Crippen molar-refractivity contribution >= 4 is 28.4 Å². The smallest absolute Gasteiger partial charge is 0.153 e. The molecule has 0 N–H and O–H groups in total. The molecule has 1 aromatic heterocycles. The van der Waals surface area contributed by atoms with Crippen molar-refractivity contribution in [2.45, 2.75) is 19.8 Å². The minimum Gasteiger partial charge on any atom is -0.489 e. The van der Waals surface area contributed by atoms with Crippen LogP contribution in [0.1, 0.15) is 24.7 Å². The maximum absolute atomic E-state index is 6.26. The molecule has 0 amide bonds. The van der Waals surface area contributed by atoms with E-state index in [4.69, 9.17) is 14.1 Å². The molecule has 2 aliphatic heterocycles. The Morgan fingerprint density at radius 1 is 0.964 bits per heavy atom. The zero-order valence-electron chi connectivity index (χ0n) is 15.8. The van der Waals surface area contributed by atoms with E-state index in [-0.39, 0.29) is 0 Å². The number of allylic oxidation sites excluding steroid dienone is 4. The first-order valence-electron chi connectivity index (χ1n) is 9.63. The van der Waals surface area contributed by atoms with Crippen LogP contribution in [0.3, 0.4) is 0 Å². The van der Waals surface area contributed by atoms with E-state index in [1.165, 1.54) is 5.56 Å². The Morgan fingerprint density at radius 3 is 2.86 bits per heavy atom. The highest BCUT2D eigenvalue weighted by atomic mass is 16.5. The Kier molecular flexibility index (Phi) is 4.21. The minimum atomic E-state index is 0.584. The van der Waals surface area contributed by atoms with Crippen molar-refractivity contribution in [3.05, 3.63) is 78.1 Å². The molecule has 2 aromatic carbocycles. The normalized spacial score (nSPS) is 18.0. The van der Waals surface area contributed by atoms with E-state index in [0.29, 0.717) is 6.61 Å². The van der Waals surface area contributed by atoms with Gasteiger partial charge >= 0.3 is 0 Å². The summed E-state index contributed by atoms with van der Waals surface area (Å²) in [5.74, 6) is 1.77. The summed E-state index contributed by atoms with van der Waals surface area (Å²) in [6.07, 6.45) is 14.1. The summed E-state index contributed by atoms with van der Waals surface area (Å²) in [7, 11) is 0. The average Bonchev–Trinajstić information content (AvgIpc) is 3.01. The topological polar surface area (TPSA) is 34.7 Å². The molecule has 0 fully saturated rings. The standard InChI is InChI=1S/C25H21NO2/c1-17-8-6-12-23-24(26-17)21-11-7-10-20(25(21)28-23)18-13-14-22-19(16-18)9-4-2-3-5-15-27-22/h2-7,10-14,16H,8-9,15H2,1H3/b4-2-,5-3-. The number of rotatable bonds is 1. The molecule has 3 aromatic rings. The fourth-order valence-corrected chi connectivity index (χ4v) is 3.75. The van der Waals surface area contributed by atoms with E-state index in [1.54, 1.807) is 0 Å². The highest BCUT2D eigenvalue weighted by Gasteiger charge is 2.18. The van der Waals surface area contributed by atoms with Crippen molar-refractivity contribution in [1.82, 2.24) is 0 Å². The maximum atomic E-state index is 6.26. The number of hydrogen-bond acceptors (Lipinski definition) is 3. The minimum absolute atomic E-state index is 0.584. The van der Waals surface area contributed by atoms with E-state index in [1.807, 2.05) is 18.2 Å². The van der Waals surface area contributed by atoms with Gasteiger partial charge in [0, 0.05) is 23.1 Å². The van der Waals surface area contributed by atoms with Crippen LogP contribution in [-0.4, -0.2) is 12.3 Å². The zero-order valence-corrected chi connectivity index (χ0v) is 15.8. The molecular weight excluding hydrogens is 346 g/mol. The molecule has 3 heterocycles. The summed E-state index contributed by atoms with van der Waals surface area (Å²) >= 11 is 0. The number of ether oxygens (including phenoxy) is 1. The number of furan rings is 1. The van der Waals surface area contributed by atoms with Crippen molar-refractivity contribution in [3.63, 3.8) is 0 Å². The molecule has 3 nitrogen and oxygen atoms in total. The van der Waals surface area contributed by atoms with Gasteiger partial charge in [0.05, 0.1) is 0 Å². The third-order valence-corrected chi connectivity index (χ3v) is 5.13. The van der Waals surface area contributed by atoms with Gasteiger partial charge in [-0.05, 0) is 54.8 Å². The lowest BCUT2D eigenvalue weighted by atomic mass is 9.99. The van der Waals surface area contributed by atoms with Gasteiger partial charge in [-0.25, -0.2) is 0 Å². The fourth-order valence-electron chi connectivity index (χ4n) is 3.75. The molecular formula is C25H21NO2.